The highest BCUT2D eigenvalue weighted by Gasteiger charge is 2.23. The van der Waals surface area contributed by atoms with E-state index in [0.717, 1.165) is 0 Å². The minimum Gasteiger partial charge on any atom is -0.495 e. The maximum Gasteiger partial charge on any atom is 0.242 e. The van der Waals surface area contributed by atoms with Crippen LogP contribution in [0.1, 0.15) is 13.8 Å². The van der Waals surface area contributed by atoms with Crippen molar-refractivity contribution in [3.05, 3.63) is 47.5 Å². The lowest BCUT2D eigenvalue weighted by atomic mass is 10.2. The average Bonchev–Trinajstić information content (AvgIpc) is 2.63. The smallest absolute Gasteiger partial charge is 0.242 e. The Labute approximate surface area is 163 Å². The Bertz CT molecular complexity index is 918. The summed E-state index contributed by atoms with van der Waals surface area (Å²) in [5.74, 6) is 0.338. The molecule has 0 aliphatic carbocycles. The summed E-state index contributed by atoms with van der Waals surface area (Å²) in [6, 6.07) is 9.94. The molecule has 1 amide bonds. The van der Waals surface area contributed by atoms with Gasteiger partial charge in [-0.3, -0.25) is 4.79 Å². The van der Waals surface area contributed by atoms with Crippen LogP contribution in [0.2, 0.25) is 5.02 Å². The van der Waals surface area contributed by atoms with Gasteiger partial charge in [-0.05, 0) is 44.2 Å². The quantitative estimate of drug-likeness (QED) is 0.695. The van der Waals surface area contributed by atoms with Crippen LogP contribution >= 0.6 is 11.6 Å². The van der Waals surface area contributed by atoms with Crippen LogP contribution in [0.25, 0.3) is 0 Å². The molecule has 0 aliphatic heterocycles. The summed E-state index contributed by atoms with van der Waals surface area (Å²) in [5.41, 5.74) is 0.461. The van der Waals surface area contributed by atoms with Gasteiger partial charge in [-0.2, -0.15) is 4.72 Å². The van der Waals surface area contributed by atoms with E-state index in [1.54, 1.807) is 24.3 Å². The van der Waals surface area contributed by atoms with E-state index in [4.69, 9.17) is 21.1 Å². The highest BCUT2D eigenvalue weighted by Crippen LogP contribution is 2.27. The van der Waals surface area contributed by atoms with E-state index in [2.05, 4.69) is 10.0 Å². The van der Waals surface area contributed by atoms with Crippen LogP contribution in [0.5, 0.6) is 11.5 Å². The number of carbonyl (C=O) groups excluding carboxylic acids is 1. The van der Waals surface area contributed by atoms with Crippen molar-refractivity contribution in [2.24, 2.45) is 0 Å². The third-order valence-electron chi connectivity index (χ3n) is 3.60. The van der Waals surface area contributed by atoms with Gasteiger partial charge in [0, 0.05) is 0 Å². The van der Waals surface area contributed by atoms with Crippen molar-refractivity contribution in [2.75, 3.05) is 19.0 Å². The van der Waals surface area contributed by atoms with Gasteiger partial charge < -0.3 is 14.8 Å². The number of anilines is 1. The fraction of sp³-hybridized carbons (Fsp3) is 0.278. The molecule has 0 bridgehead atoms. The lowest BCUT2D eigenvalue weighted by Crippen LogP contribution is -2.41. The molecule has 0 aromatic heterocycles. The van der Waals surface area contributed by atoms with Gasteiger partial charge in [-0.25, -0.2) is 8.42 Å². The van der Waals surface area contributed by atoms with Crippen molar-refractivity contribution in [1.82, 2.24) is 4.72 Å². The number of halogens is 1. The SMILES string of the molecule is CCOc1ccccc1NC(=O)[C@H](C)NS(=O)(=O)c1ccc(OC)c(Cl)c1. The Morgan fingerprint density at radius 2 is 1.89 bits per heavy atom. The predicted molar refractivity (Wildman–Crippen MR) is 104 cm³/mol. The fourth-order valence-corrected chi connectivity index (χ4v) is 3.81. The first kappa shape index (κ1) is 21.0. The summed E-state index contributed by atoms with van der Waals surface area (Å²) >= 11 is 5.98. The zero-order valence-corrected chi connectivity index (χ0v) is 16.7. The molecule has 0 aliphatic rings. The summed E-state index contributed by atoms with van der Waals surface area (Å²) in [7, 11) is -2.52. The van der Waals surface area contributed by atoms with Gasteiger partial charge in [0.2, 0.25) is 15.9 Å². The van der Waals surface area contributed by atoms with Gasteiger partial charge in [0.05, 0.1) is 35.4 Å². The number of ether oxygens (including phenoxy) is 2. The summed E-state index contributed by atoms with van der Waals surface area (Å²) in [6.07, 6.45) is 0. The molecule has 0 heterocycles. The minimum absolute atomic E-state index is 0.0670. The molecular weight excluding hydrogens is 392 g/mol. The number of nitrogens with one attached hydrogen (secondary N) is 2. The average molecular weight is 413 g/mol. The molecule has 9 heteroatoms. The molecule has 0 spiro atoms. The standard InChI is InChI=1S/C18H21ClN2O5S/c1-4-26-17-8-6-5-7-15(17)20-18(22)12(2)21-27(23,24)13-9-10-16(25-3)14(19)11-13/h5-12,21H,4H2,1-3H3,(H,20,22)/t12-/m0/s1. The van der Waals surface area contributed by atoms with E-state index in [-0.39, 0.29) is 9.92 Å². The molecule has 0 saturated heterocycles. The largest absolute Gasteiger partial charge is 0.495 e. The fourth-order valence-electron chi connectivity index (χ4n) is 2.26. The molecule has 0 unspecified atom stereocenters. The van der Waals surface area contributed by atoms with Crippen molar-refractivity contribution >= 4 is 33.2 Å². The number of amides is 1. The van der Waals surface area contributed by atoms with E-state index in [9.17, 15) is 13.2 Å². The molecular formula is C18H21ClN2O5S. The van der Waals surface area contributed by atoms with Crippen LogP contribution in [0.3, 0.4) is 0 Å². The number of methoxy groups -OCH3 is 1. The van der Waals surface area contributed by atoms with E-state index < -0.39 is 22.0 Å². The molecule has 2 aromatic rings. The normalized spacial score (nSPS) is 12.3. The topological polar surface area (TPSA) is 93.7 Å². The van der Waals surface area contributed by atoms with Crippen LogP contribution in [0, 0.1) is 0 Å². The number of sulfonamides is 1. The monoisotopic (exact) mass is 412 g/mol. The van der Waals surface area contributed by atoms with Crippen molar-refractivity contribution in [2.45, 2.75) is 24.8 Å². The van der Waals surface area contributed by atoms with Crippen LogP contribution in [-0.4, -0.2) is 34.1 Å². The van der Waals surface area contributed by atoms with Gasteiger partial charge in [-0.1, -0.05) is 23.7 Å². The summed E-state index contributed by atoms with van der Waals surface area (Å²) in [4.78, 5) is 12.3. The van der Waals surface area contributed by atoms with E-state index in [1.807, 2.05) is 6.92 Å². The van der Waals surface area contributed by atoms with Gasteiger partial charge in [-0.15, -0.1) is 0 Å². The van der Waals surface area contributed by atoms with Crippen LogP contribution in [-0.2, 0) is 14.8 Å². The van der Waals surface area contributed by atoms with Crippen molar-refractivity contribution in [3.8, 4) is 11.5 Å². The summed E-state index contributed by atoms with van der Waals surface area (Å²) < 4.78 is 37.8. The lowest BCUT2D eigenvalue weighted by molar-refractivity contribution is -0.117. The molecule has 27 heavy (non-hydrogen) atoms. The Balaban J connectivity index is 2.12. The molecule has 0 saturated carbocycles. The van der Waals surface area contributed by atoms with Gasteiger partial charge in [0.15, 0.2) is 0 Å². The molecule has 7 nitrogen and oxygen atoms in total. The molecule has 2 aromatic carbocycles. The Morgan fingerprint density at radius 1 is 1.19 bits per heavy atom. The maximum atomic E-state index is 12.5. The number of para-hydroxylation sites is 2. The van der Waals surface area contributed by atoms with Crippen LogP contribution in [0.4, 0.5) is 5.69 Å². The number of benzene rings is 2. The Kier molecular flexibility index (Phi) is 7.06. The van der Waals surface area contributed by atoms with E-state index in [0.29, 0.717) is 23.8 Å². The van der Waals surface area contributed by atoms with Gasteiger partial charge in [0.25, 0.3) is 0 Å². The van der Waals surface area contributed by atoms with Crippen LogP contribution < -0.4 is 19.5 Å². The molecule has 0 radical (unpaired) electrons. The molecule has 0 fully saturated rings. The lowest BCUT2D eigenvalue weighted by Gasteiger charge is -2.16. The Morgan fingerprint density at radius 3 is 2.52 bits per heavy atom. The predicted octanol–water partition coefficient (Wildman–Crippen LogP) is 3.05. The zero-order chi connectivity index (χ0) is 20.0. The number of hydrogen-bond acceptors (Lipinski definition) is 5. The van der Waals surface area contributed by atoms with Gasteiger partial charge in [0.1, 0.15) is 11.5 Å². The zero-order valence-electron chi connectivity index (χ0n) is 15.2. The minimum atomic E-state index is -3.95. The van der Waals surface area contributed by atoms with Gasteiger partial charge >= 0.3 is 0 Å². The molecule has 1 atom stereocenters. The second kappa shape index (κ2) is 9.07. The Hall–Kier alpha value is -2.29. The van der Waals surface area contributed by atoms with Crippen molar-refractivity contribution < 1.29 is 22.7 Å². The molecule has 2 N–H and O–H groups in total. The first-order valence-electron chi connectivity index (χ1n) is 8.17. The van der Waals surface area contributed by atoms with Crippen LogP contribution in [0.15, 0.2) is 47.4 Å². The first-order chi connectivity index (χ1) is 12.8. The highest BCUT2D eigenvalue weighted by molar-refractivity contribution is 7.89. The molecule has 146 valence electrons. The summed E-state index contributed by atoms with van der Waals surface area (Å²) in [5, 5.41) is 2.82. The van der Waals surface area contributed by atoms with E-state index in [1.165, 1.54) is 32.2 Å². The first-order valence-corrected chi connectivity index (χ1v) is 10.0. The number of hydrogen-bond donors (Lipinski definition) is 2. The second-order valence-corrected chi connectivity index (χ2v) is 7.68. The third kappa shape index (κ3) is 5.35. The maximum absolute atomic E-state index is 12.5. The highest BCUT2D eigenvalue weighted by atomic mass is 35.5. The number of rotatable bonds is 8. The van der Waals surface area contributed by atoms with Crippen molar-refractivity contribution in [1.29, 1.82) is 0 Å². The second-order valence-electron chi connectivity index (χ2n) is 5.56. The van der Waals surface area contributed by atoms with Crippen molar-refractivity contribution in [3.63, 3.8) is 0 Å². The number of carbonyl (C=O) groups is 1. The third-order valence-corrected chi connectivity index (χ3v) is 5.44. The summed E-state index contributed by atoms with van der Waals surface area (Å²) in [6.45, 7) is 3.71. The van der Waals surface area contributed by atoms with E-state index >= 15 is 0 Å². The molecule has 2 rings (SSSR count).